The van der Waals surface area contributed by atoms with Gasteiger partial charge >= 0.3 is 0 Å². The number of nitrogens with one attached hydrogen (secondary N) is 2. The quantitative estimate of drug-likeness (QED) is 0.516. The van der Waals surface area contributed by atoms with E-state index in [0.717, 1.165) is 16.5 Å². The molecule has 0 aliphatic rings. The average Bonchev–Trinajstić information content (AvgIpc) is 3.34. The number of H-pyrrole nitrogens is 1. The summed E-state index contributed by atoms with van der Waals surface area (Å²) in [6.07, 6.45) is 3.29. The van der Waals surface area contributed by atoms with Crippen LogP contribution in [0.15, 0.2) is 60.9 Å². The number of hydrogen-bond acceptors (Lipinski definition) is 4. The smallest absolute Gasteiger partial charge is 0.261 e. The third-order valence-corrected chi connectivity index (χ3v) is 5.01. The van der Waals surface area contributed by atoms with Gasteiger partial charge < -0.3 is 0 Å². The predicted molar refractivity (Wildman–Crippen MR) is 103 cm³/mol. The molecule has 4 aromatic rings. The molecule has 0 spiro atoms. The van der Waals surface area contributed by atoms with Gasteiger partial charge in [0, 0.05) is 29.1 Å². The molecule has 28 heavy (non-hydrogen) atoms. The molecule has 4 rings (SSSR count). The number of carbonyl (C=O) groups is 1. The Hall–Kier alpha value is -3.39. The summed E-state index contributed by atoms with van der Waals surface area (Å²) in [5, 5.41) is 9.93. The zero-order valence-electron chi connectivity index (χ0n) is 14.4. The molecule has 0 saturated heterocycles. The number of thiazole rings is 1. The van der Waals surface area contributed by atoms with Crippen LogP contribution >= 0.6 is 11.3 Å². The molecule has 0 aliphatic carbocycles. The lowest BCUT2D eigenvalue weighted by atomic mass is 10.1. The maximum atomic E-state index is 13.8. The Morgan fingerprint density at radius 3 is 2.71 bits per heavy atom. The highest BCUT2D eigenvalue weighted by molar-refractivity contribution is 7.15. The lowest BCUT2D eigenvalue weighted by molar-refractivity contribution is 0.102. The van der Waals surface area contributed by atoms with Crippen LogP contribution in [0.2, 0.25) is 0 Å². The van der Waals surface area contributed by atoms with E-state index in [1.54, 1.807) is 6.20 Å². The topological polar surface area (TPSA) is 70.7 Å². The molecule has 2 aromatic carbocycles. The van der Waals surface area contributed by atoms with Gasteiger partial charge in [0.25, 0.3) is 5.91 Å². The summed E-state index contributed by atoms with van der Waals surface area (Å²) in [7, 11) is 0. The van der Waals surface area contributed by atoms with Crippen LogP contribution in [0.4, 0.5) is 13.9 Å². The number of hydrogen-bond donors (Lipinski definition) is 2. The fraction of sp³-hybridized carbons (Fsp3) is 0.0500. The van der Waals surface area contributed by atoms with Crippen molar-refractivity contribution in [3.63, 3.8) is 0 Å². The summed E-state index contributed by atoms with van der Waals surface area (Å²) in [6.45, 7) is 0. The van der Waals surface area contributed by atoms with Gasteiger partial charge in [-0.1, -0.05) is 36.4 Å². The highest BCUT2D eigenvalue weighted by atomic mass is 32.1. The normalized spacial score (nSPS) is 10.8. The summed E-state index contributed by atoms with van der Waals surface area (Å²) in [5.74, 6) is -1.57. The molecule has 140 valence electrons. The number of aromatic nitrogens is 3. The fourth-order valence-electron chi connectivity index (χ4n) is 2.75. The Morgan fingerprint density at radius 2 is 1.93 bits per heavy atom. The van der Waals surface area contributed by atoms with E-state index in [4.69, 9.17) is 0 Å². The van der Waals surface area contributed by atoms with Gasteiger partial charge in [0.15, 0.2) is 5.13 Å². The number of carbonyl (C=O) groups excluding carboxylic acids is 1. The largest absolute Gasteiger partial charge is 0.298 e. The second kappa shape index (κ2) is 7.69. The van der Waals surface area contributed by atoms with Crippen molar-refractivity contribution < 1.29 is 13.6 Å². The van der Waals surface area contributed by atoms with Crippen molar-refractivity contribution in [1.82, 2.24) is 15.2 Å². The van der Waals surface area contributed by atoms with Crippen molar-refractivity contribution in [2.45, 2.75) is 6.42 Å². The Labute approximate surface area is 163 Å². The summed E-state index contributed by atoms with van der Waals surface area (Å²) in [4.78, 5) is 17.5. The van der Waals surface area contributed by atoms with Crippen molar-refractivity contribution in [1.29, 1.82) is 0 Å². The molecule has 0 saturated carbocycles. The molecule has 0 unspecified atom stereocenters. The van der Waals surface area contributed by atoms with Crippen molar-refractivity contribution in [3.8, 4) is 11.3 Å². The third-order valence-electron chi connectivity index (χ3n) is 4.10. The minimum atomic E-state index is -0.618. The van der Waals surface area contributed by atoms with Gasteiger partial charge in [0.05, 0.1) is 17.5 Å². The van der Waals surface area contributed by atoms with Gasteiger partial charge in [-0.3, -0.25) is 15.2 Å². The molecule has 0 radical (unpaired) electrons. The molecular formula is C20H14F2N4OS. The molecule has 5 nitrogen and oxygen atoms in total. The van der Waals surface area contributed by atoms with Crippen molar-refractivity contribution in [2.24, 2.45) is 0 Å². The first-order valence-corrected chi connectivity index (χ1v) is 9.20. The maximum Gasteiger partial charge on any atom is 0.261 e. The van der Waals surface area contributed by atoms with E-state index in [2.05, 4.69) is 20.5 Å². The van der Waals surface area contributed by atoms with Crippen LogP contribution in [0.3, 0.4) is 0 Å². The molecule has 2 N–H and O–H groups in total. The number of aromatic amines is 1. The van der Waals surface area contributed by atoms with Crippen LogP contribution in [0.25, 0.3) is 11.3 Å². The van der Waals surface area contributed by atoms with Crippen LogP contribution in [-0.2, 0) is 6.42 Å². The average molecular weight is 396 g/mol. The third kappa shape index (κ3) is 3.81. The summed E-state index contributed by atoms with van der Waals surface area (Å²) in [5.41, 5.74) is 2.22. The second-order valence-corrected chi connectivity index (χ2v) is 7.14. The van der Waals surface area contributed by atoms with Crippen molar-refractivity contribution >= 4 is 22.4 Å². The predicted octanol–water partition coefficient (Wildman–Crippen LogP) is 4.65. The molecule has 0 fully saturated rings. The first-order valence-electron chi connectivity index (χ1n) is 8.39. The zero-order valence-corrected chi connectivity index (χ0v) is 15.3. The monoisotopic (exact) mass is 396 g/mol. The van der Waals surface area contributed by atoms with E-state index in [1.165, 1.54) is 29.7 Å². The van der Waals surface area contributed by atoms with Crippen molar-refractivity contribution in [3.05, 3.63) is 88.6 Å². The maximum absolute atomic E-state index is 13.8. The lowest BCUT2D eigenvalue weighted by Crippen LogP contribution is -2.11. The van der Waals surface area contributed by atoms with Gasteiger partial charge in [-0.05, 0) is 11.6 Å². The van der Waals surface area contributed by atoms with E-state index >= 15 is 0 Å². The molecule has 2 aromatic heterocycles. The van der Waals surface area contributed by atoms with Gasteiger partial charge in [-0.2, -0.15) is 5.10 Å². The Kier molecular flexibility index (Phi) is 4.94. The Morgan fingerprint density at radius 1 is 1.11 bits per heavy atom. The number of anilines is 1. The number of nitrogens with zero attached hydrogens (tertiary/aromatic N) is 2. The molecule has 1 amide bonds. The summed E-state index contributed by atoms with van der Waals surface area (Å²) >= 11 is 1.23. The van der Waals surface area contributed by atoms with E-state index in [0.29, 0.717) is 22.0 Å². The zero-order chi connectivity index (χ0) is 19.5. The first-order chi connectivity index (χ1) is 13.6. The number of halogens is 2. The van der Waals surface area contributed by atoms with Gasteiger partial charge in [-0.15, -0.1) is 11.3 Å². The highest BCUT2D eigenvalue weighted by Crippen LogP contribution is 2.25. The Balaban J connectivity index is 1.49. The van der Waals surface area contributed by atoms with Crippen LogP contribution in [0, 0.1) is 11.6 Å². The molecule has 8 heteroatoms. The molecule has 2 heterocycles. The first kappa shape index (κ1) is 18.0. The number of rotatable bonds is 5. The number of benzene rings is 2. The van der Waals surface area contributed by atoms with Gasteiger partial charge in [0.2, 0.25) is 0 Å². The summed E-state index contributed by atoms with van der Waals surface area (Å²) in [6, 6.07) is 12.9. The van der Waals surface area contributed by atoms with Crippen LogP contribution in [-0.4, -0.2) is 21.1 Å². The SMILES string of the molecule is O=C(Nc1ncc(Cc2ccc(F)cc2F)s1)c1cn[nH]c1-c1ccccc1. The minimum Gasteiger partial charge on any atom is -0.298 e. The fourth-order valence-corrected chi connectivity index (χ4v) is 3.58. The highest BCUT2D eigenvalue weighted by Gasteiger charge is 2.17. The van der Waals surface area contributed by atoms with Crippen LogP contribution in [0.1, 0.15) is 20.8 Å². The van der Waals surface area contributed by atoms with E-state index in [-0.39, 0.29) is 12.3 Å². The standard InChI is InChI=1S/C20H14F2N4OS/c21-14-7-6-13(17(22)9-14)8-15-10-23-20(28-15)25-19(27)16-11-24-26-18(16)12-4-2-1-3-5-12/h1-7,9-11H,8H2,(H,24,26)(H,23,25,27). The Bertz CT molecular complexity index is 1120. The van der Waals surface area contributed by atoms with Gasteiger partial charge in [-0.25, -0.2) is 13.8 Å². The number of amides is 1. The van der Waals surface area contributed by atoms with Crippen molar-refractivity contribution in [2.75, 3.05) is 5.32 Å². The van der Waals surface area contributed by atoms with Crippen LogP contribution < -0.4 is 5.32 Å². The molecule has 0 atom stereocenters. The second-order valence-electron chi connectivity index (χ2n) is 6.02. The molecule has 0 aliphatic heterocycles. The summed E-state index contributed by atoms with van der Waals surface area (Å²) < 4.78 is 26.8. The van der Waals surface area contributed by atoms with E-state index < -0.39 is 11.6 Å². The van der Waals surface area contributed by atoms with Gasteiger partial charge in [0.1, 0.15) is 11.6 Å². The van der Waals surface area contributed by atoms with E-state index in [9.17, 15) is 13.6 Å². The molecule has 0 bridgehead atoms. The van der Waals surface area contributed by atoms with E-state index in [1.807, 2.05) is 30.3 Å². The molecular weight excluding hydrogens is 382 g/mol. The van der Waals surface area contributed by atoms with Crippen LogP contribution in [0.5, 0.6) is 0 Å². The lowest BCUT2D eigenvalue weighted by Gasteiger charge is -2.03. The minimum absolute atomic E-state index is 0.265.